The summed E-state index contributed by atoms with van der Waals surface area (Å²) in [7, 11) is 0. The Labute approximate surface area is 142 Å². The maximum Gasteiger partial charge on any atom is 0.336 e. The fourth-order valence-electron chi connectivity index (χ4n) is 2.47. The monoisotopic (exact) mass is 405 g/mol. The Hall–Kier alpha value is -1.82. The largest absolute Gasteiger partial charge is 0.422 e. The number of aryl methyl sites for hydroxylation is 2. The number of rotatable bonds is 3. The highest BCUT2D eigenvalue weighted by Gasteiger charge is 2.09. The van der Waals surface area contributed by atoms with Crippen molar-refractivity contribution in [3.63, 3.8) is 0 Å². The molecule has 3 aromatic rings. The van der Waals surface area contributed by atoms with Gasteiger partial charge in [0.2, 0.25) is 0 Å². The van der Waals surface area contributed by atoms with E-state index in [4.69, 9.17) is 4.42 Å². The number of halogens is 1. The summed E-state index contributed by atoms with van der Waals surface area (Å²) in [5.41, 5.74) is 4.52. The van der Waals surface area contributed by atoms with Gasteiger partial charge in [0.15, 0.2) is 0 Å². The summed E-state index contributed by atoms with van der Waals surface area (Å²) in [5.74, 6) is 0. The molecule has 0 aliphatic rings. The Bertz CT molecular complexity index is 899. The van der Waals surface area contributed by atoms with Crippen LogP contribution in [0.4, 0.5) is 5.69 Å². The molecule has 2 aromatic carbocycles. The highest BCUT2D eigenvalue weighted by molar-refractivity contribution is 14.1. The minimum Gasteiger partial charge on any atom is -0.422 e. The molecule has 0 aliphatic carbocycles. The van der Waals surface area contributed by atoms with Crippen LogP contribution in [-0.4, -0.2) is 0 Å². The summed E-state index contributed by atoms with van der Waals surface area (Å²) in [4.78, 5) is 11.8. The summed E-state index contributed by atoms with van der Waals surface area (Å²) in [5, 5.41) is 4.36. The van der Waals surface area contributed by atoms with Gasteiger partial charge in [-0.2, -0.15) is 0 Å². The Kier molecular flexibility index (Phi) is 4.20. The molecule has 3 nitrogen and oxygen atoms in total. The molecule has 1 N–H and O–H groups in total. The molecule has 22 heavy (non-hydrogen) atoms. The van der Waals surface area contributed by atoms with Gasteiger partial charge in [-0.25, -0.2) is 4.79 Å². The van der Waals surface area contributed by atoms with Crippen molar-refractivity contribution in [1.29, 1.82) is 0 Å². The van der Waals surface area contributed by atoms with Crippen LogP contribution in [0.1, 0.15) is 16.7 Å². The van der Waals surface area contributed by atoms with E-state index in [0.717, 1.165) is 27.8 Å². The van der Waals surface area contributed by atoms with Gasteiger partial charge in [0.1, 0.15) is 5.58 Å². The highest BCUT2D eigenvalue weighted by atomic mass is 127. The summed E-state index contributed by atoms with van der Waals surface area (Å²) >= 11 is 2.28. The Morgan fingerprint density at radius 3 is 2.73 bits per heavy atom. The Balaban J connectivity index is 2.00. The van der Waals surface area contributed by atoms with Crippen LogP contribution in [0.3, 0.4) is 0 Å². The molecular weight excluding hydrogens is 389 g/mol. The highest BCUT2D eigenvalue weighted by Crippen LogP contribution is 2.24. The van der Waals surface area contributed by atoms with Gasteiger partial charge in [0.05, 0.1) is 0 Å². The van der Waals surface area contributed by atoms with E-state index >= 15 is 0 Å². The number of hydrogen-bond acceptors (Lipinski definition) is 3. The first-order chi connectivity index (χ1) is 10.5. The fraction of sp³-hybridized carbons (Fsp3) is 0.167. The van der Waals surface area contributed by atoms with Gasteiger partial charge in [-0.05, 0) is 71.3 Å². The molecule has 4 heteroatoms. The van der Waals surface area contributed by atoms with Crippen LogP contribution in [0.5, 0.6) is 0 Å². The van der Waals surface area contributed by atoms with Crippen molar-refractivity contribution >= 4 is 39.2 Å². The first kappa shape index (κ1) is 15.1. The van der Waals surface area contributed by atoms with Crippen LogP contribution in [0.2, 0.25) is 0 Å². The van der Waals surface area contributed by atoms with E-state index in [-0.39, 0.29) is 5.63 Å². The third kappa shape index (κ3) is 3.02. The molecule has 3 rings (SSSR count). The van der Waals surface area contributed by atoms with E-state index in [0.29, 0.717) is 12.1 Å². The van der Waals surface area contributed by atoms with E-state index in [9.17, 15) is 4.79 Å². The molecule has 0 spiro atoms. The predicted molar refractivity (Wildman–Crippen MR) is 98.4 cm³/mol. The van der Waals surface area contributed by atoms with Gasteiger partial charge in [0.25, 0.3) is 0 Å². The molecule has 0 fully saturated rings. The van der Waals surface area contributed by atoms with Crippen molar-refractivity contribution in [2.75, 3.05) is 5.32 Å². The third-order valence-electron chi connectivity index (χ3n) is 3.82. The van der Waals surface area contributed by atoms with Crippen LogP contribution < -0.4 is 10.9 Å². The minimum absolute atomic E-state index is 0.305. The SMILES string of the molecule is Cc1ccc2c(CNc3cccc(I)c3)cc(=O)oc2c1C. The van der Waals surface area contributed by atoms with E-state index in [2.05, 4.69) is 40.0 Å². The lowest BCUT2D eigenvalue weighted by Gasteiger charge is -2.11. The molecule has 0 amide bonds. The molecule has 0 atom stereocenters. The van der Waals surface area contributed by atoms with Gasteiger partial charge in [-0.3, -0.25) is 0 Å². The zero-order valence-corrected chi connectivity index (χ0v) is 14.6. The van der Waals surface area contributed by atoms with E-state index in [1.54, 1.807) is 6.07 Å². The van der Waals surface area contributed by atoms with Gasteiger partial charge >= 0.3 is 5.63 Å². The van der Waals surface area contributed by atoms with Crippen molar-refractivity contribution in [3.05, 3.63) is 73.1 Å². The van der Waals surface area contributed by atoms with Crippen LogP contribution in [-0.2, 0) is 6.54 Å². The number of anilines is 1. The zero-order valence-electron chi connectivity index (χ0n) is 12.4. The van der Waals surface area contributed by atoms with Crippen LogP contribution in [0.25, 0.3) is 11.0 Å². The summed E-state index contributed by atoms with van der Waals surface area (Å²) in [6, 6.07) is 13.8. The van der Waals surface area contributed by atoms with Gasteiger partial charge in [-0.1, -0.05) is 18.2 Å². The van der Waals surface area contributed by atoms with Gasteiger partial charge in [0, 0.05) is 27.3 Å². The van der Waals surface area contributed by atoms with Crippen LogP contribution >= 0.6 is 22.6 Å². The summed E-state index contributed by atoms with van der Waals surface area (Å²) in [6.07, 6.45) is 0. The summed E-state index contributed by atoms with van der Waals surface area (Å²) < 4.78 is 6.57. The molecular formula is C18H16INO2. The first-order valence-electron chi connectivity index (χ1n) is 7.07. The van der Waals surface area contributed by atoms with Gasteiger partial charge < -0.3 is 9.73 Å². The molecule has 1 heterocycles. The predicted octanol–water partition coefficient (Wildman–Crippen LogP) is 4.63. The molecule has 1 aromatic heterocycles. The Morgan fingerprint density at radius 1 is 1.14 bits per heavy atom. The molecule has 0 bridgehead atoms. The Morgan fingerprint density at radius 2 is 1.95 bits per heavy atom. The standard InChI is InChI=1S/C18H16INO2/c1-11-6-7-16-13(8-17(21)22-18(16)12(11)2)10-20-15-5-3-4-14(19)9-15/h3-9,20H,10H2,1-2H3. The normalized spacial score (nSPS) is 10.9. The topological polar surface area (TPSA) is 42.2 Å². The maximum atomic E-state index is 11.8. The second-order valence-corrected chi connectivity index (χ2v) is 6.58. The summed E-state index contributed by atoms with van der Waals surface area (Å²) in [6.45, 7) is 4.59. The smallest absolute Gasteiger partial charge is 0.336 e. The average Bonchev–Trinajstić information content (AvgIpc) is 2.49. The minimum atomic E-state index is -0.305. The van der Waals surface area contributed by atoms with Crippen LogP contribution in [0, 0.1) is 17.4 Å². The lowest BCUT2D eigenvalue weighted by Crippen LogP contribution is -2.06. The number of fused-ring (bicyclic) bond motifs is 1. The molecule has 0 aliphatic heterocycles. The third-order valence-corrected chi connectivity index (χ3v) is 4.50. The average molecular weight is 405 g/mol. The lowest BCUT2D eigenvalue weighted by atomic mass is 10.0. The lowest BCUT2D eigenvalue weighted by molar-refractivity contribution is 0.556. The first-order valence-corrected chi connectivity index (χ1v) is 8.15. The molecule has 0 radical (unpaired) electrons. The second kappa shape index (κ2) is 6.12. The van der Waals surface area contributed by atoms with Crippen molar-refractivity contribution in [2.45, 2.75) is 20.4 Å². The maximum absolute atomic E-state index is 11.8. The van der Waals surface area contributed by atoms with Gasteiger partial charge in [-0.15, -0.1) is 0 Å². The molecule has 112 valence electrons. The van der Waals surface area contributed by atoms with Crippen molar-refractivity contribution < 1.29 is 4.42 Å². The number of hydrogen-bond donors (Lipinski definition) is 1. The second-order valence-electron chi connectivity index (χ2n) is 5.34. The van der Waals surface area contributed by atoms with E-state index < -0.39 is 0 Å². The zero-order chi connectivity index (χ0) is 15.7. The fourth-order valence-corrected chi connectivity index (χ4v) is 3.01. The van der Waals surface area contributed by atoms with E-state index in [1.165, 1.54) is 3.57 Å². The van der Waals surface area contributed by atoms with Crippen molar-refractivity contribution in [1.82, 2.24) is 0 Å². The quantitative estimate of drug-likeness (QED) is 0.511. The molecule has 0 saturated heterocycles. The van der Waals surface area contributed by atoms with Crippen molar-refractivity contribution in [3.8, 4) is 0 Å². The molecule has 0 saturated carbocycles. The number of nitrogens with one attached hydrogen (secondary N) is 1. The van der Waals surface area contributed by atoms with Crippen LogP contribution in [0.15, 0.2) is 51.7 Å². The molecule has 0 unspecified atom stereocenters. The van der Waals surface area contributed by atoms with E-state index in [1.807, 2.05) is 38.1 Å². The van der Waals surface area contributed by atoms with Crippen molar-refractivity contribution in [2.24, 2.45) is 0 Å². The number of benzene rings is 2.